The quantitative estimate of drug-likeness (QED) is 0.564. The second-order valence-corrected chi connectivity index (χ2v) is 6.22. The van der Waals surface area contributed by atoms with Crippen LogP contribution in [0.15, 0.2) is 4.99 Å². The molecule has 2 fully saturated rings. The van der Waals surface area contributed by atoms with Gasteiger partial charge in [-0.2, -0.15) is 0 Å². The first-order valence-corrected chi connectivity index (χ1v) is 7.48. The van der Waals surface area contributed by atoms with Crippen molar-refractivity contribution < 1.29 is 4.79 Å². The lowest BCUT2D eigenvalue weighted by atomic mass is 9.93. The Balaban J connectivity index is 1.88. The number of hydrogen-bond acceptors (Lipinski definition) is 3. The monoisotopic (exact) mass is 281 g/mol. The molecule has 0 aromatic carbocycles. The van der Waals surface area contributed by atoms with Gasteiger partial charge in [-0.15, -0.1) is 0 Å². The lowest BCUT2D eigenvalue weighted by Crippen LogP contribution is -2.62. The highest BCUT2D eigenvalue weighted by Gasteiger charge is 2.35. The predicted molar refractivity (Wildman–Crippen MR) is 80.6 cm³/mol. The van der Waals surface area contributed by atoms with Gasteiger partial charge >= 0.3 is 0 Å². The van der Waals surface area contributed by atoms with E-state index >= 15 is 0 Å². The normalized spacial score (nSPS) is 22.6. The summed E-state index contributed by atoms with van der Waals surface area (Å²) in [5.74, 6) is 0.731. The Morgan fingerprint density at radius 3 is 2.25 bits per heavy atom. The molecule has 0 atom stereocenters. The summed E-state index contributed by atoms with van der Waals surface area (Å²) in [5, 5.41) is 3.51. The van der Waals surface area contributed by atoms with Crippen molar-refractivity contribution in [2.75, 3.05) is 33.2 Å². The average molecular weight is 281 g/mol. The highest BCUT2D eigenvalue weighted by atomic mass is 16.1. The summed E-state index contributed by atoms with van der Waals surface area (Å²) >= 11 is 0. The zero-order valence-electron chi connectivity index (χ0n) is 12.9. The molecule has 0 aromatic heterocycles. The van der Waals surface area contributed by atoms with Crippen LogP contribution in [-0.2, 0) is 4.79 Å². The van der Waals surface area contributed by atoms with Crippen LogP contribution in [0, 0.1) is 0 Å². The van der Waals surface area contributed by atoms with Crippen molar-refractivity contribution in [1.82, 2.24) is 15.1 Å². The fourth-order valence-corrected chi connectivity index (χ4v) is 2.67. The van der Waals surface area contributed by atoms with E-state index in [1.165, 1.54) is 19.3 Å². The molecule has 0 spiro atoms. The maximum atomic E-state index is 11.5. The number of carbonyl (C=O) groups excluding carboxylic acids is 1. The van der Waals surface area contributed by atoms with E-state index in [2.05, 4.69) is 20.1 Å². The first-order chi connectivity index (χ1) is 9.45. The summed E-state index contributed by atoms with van der Waals surface area (Å²) in [7, 11) is 1.83. The number of nitrogens with one attached hydrogen (secondary N) is 1. The Morgan fingerprint density at radius 1 is 1.25 bits per heavy atom. The molecule has 2 rings (SSSR count). The second-order valence-electron chi connectivity index (χ2n) is 6.22. The Hall–Kier alpha value is -1.30. The molecule has 0 radical (unpaired) electrons. The van der Waals surface area contributed by atoms with E-state index in [-0.39, 0.29) is 5.91 Å². The molecule has 6 heteroatoms. The zero-order chi connectivity index (χ0) is 14.8. The minimum atomic E-state index is -0.572. The fraction of sp³-hybridized carbons (Fsp3) is 0.857. The van der Waals surface area contributed by atoms with Gasteiger partial charge in [-0.25, -0.2) is 0 Å². The number of primary amides is 1. The van der Waals surface area contributed by atoms with E-state index in [1.54, 1.807) is 0 Å². The molecule has 0 bridgehead atoms. The molecule has 1 saturated carbocycles. The highest BCUT2D eigenvalue weighted by molar-refractivity contribution is 5.84. The van der Waals surface area contributed by atoms with Gasteiger partial charge in [0.15, 0.2) is 5.96 Å². The summed E-state index contributed by atoms with van der Waals surface area (Å²) in [6, 6.07) is 0.591. The Morgan fingerprint density at radius 2 is 1.85 bits per heavy atom. The molecule has 1 saturated heterocycles. The molecule has 6 nitrogen and oxygen atoms in total. The molecule has 1 amide bonds. The molecule has 1 aliphatic carbocycles. The van der Waals surface area contributed by atoms with Crippen LogP contribution in [0.25, 0.3) is 0 Å². The summed E-state index contributed by atoms with van der Waals surface area (Å²) < 4.78 is 0. The van der Waals surface area contributed by atoms with Crippen molar-refractivity contribution in [2.24, 2.45) is 10.7 Å². The molecule has 0 aromatic rings. The van der Waals surface area contributed by atoms with Crippen molar-refractivity contribution in [3.05, 3.63) is 0 Å². The number of hydrogen-bond donors (Lipinski definition) is 2. The van der Waals surface area contributed by atoms with E-state index < -0.39 is 5.54 Å². The van der Waals surface area contributed by atoms with Gasteiger partial charge in [0.1, 0.15) is 0 Å². The third-order valence-corrected chi connectivity index (χ3v) is 4.62. The number of aliphatic imine (C=N–C) groups is 1. The van der Waals surface area contributed by atoms with E-state index in [0.29, 0.717) is 6.04 Å². The van der Waals surface area contributed by atoms with E-state index in [0.717, 1.165) is 32.1 Å². The number of piperazine rings is 1. The van der Waals surface area contributed by atoms with Gasteiger partial charge < -0.3 is 16.0 Å². The minimum Gasteiger partial charge on any atom is -0.368 e. The van der Waals surface area contributed by atoms with Crippen molar-refractivity contribution in [2.45, 2.75) is 44.7 Å². The summed E-state index contributed by atoms with van der Waals surface area (Å²) in [6.07, 6.45) is 3.80. The third-order valence-electron chi connectivity index (χ3n) is 4.62. The number of nitrogens with two attached hydrogens (primary N) is 1. The van der Waals surface area contributed by atoms with E-state index in [4.69, 9.17) is 5.73 Å². The SMILES string of the molecule is CN=C(NC1CCC1)N1CCN(C(C)(C)C(N)=O)CC1. The molecule has 1 aliphatic heterocycles. The zero-order valence-corrected chi connectivity index (χ0v) is 12.9. The van der Waals surface area contributed by atoms with Crippen LogP contribution in [0.4, 0.5) is 0 Å². The lowest BCUT2D eigenvalue weighted by molar-refractivity contribution is -0.129. The van der Waals surface area contributed by atoms with Crippen molar-refractivity contribution in [3.63, 3.8) is 0 Å². The van der Waals surface area contributed by atoms with Gasteiger partial charge in [-0.05, 0) is 33.1 Å². The van der Waals surface area contributed by atoms with Crippen LogP contribution in [0.2, 0.25) is 0 Å². The molecule has 20 heavy (non-hydrogen) atoms. The summed E-state index contributed by atoms with van der Waals surface area (Å²) in [4.78, 5) is 20.3. The smallest absolute Gasteiger partial charge is 0.237 e. The molecule has 2 aliphatic rings. The Labute approximate surface area is 121 Å². The standard InChI is InChI=1S/C14H27N5O/c1-14(2,12(15)20)19-9-7-18(8-10-19)13(16-3)17-11-5-4-6-11/h11H,4-10H2,1-3H3,(H2,15,20)(H,16,17). The van der Waals surface area contributed by atoms with E-state index in [1.807, 2.05) is 20.9 Å². The maximum Gasteiger partial charge on any atom is 0.237 e. The molecule has 114 valence electrons. The minimum absolute atomic E-state index is 0.261. The van der Waals surface area contributed by atoms with Gasteiger partial charge in [-0.1, -0.05) is 0 Å². The molecule has 1 heterocycles. The number of amides is 1. The van der Waals surface area contributed by atoms with Crippen molar-refractivity contribution >= 4 is 11.9 Å². The van der Waals surface area contributed by atoms with Crippen molar-refractivity contribution in [1.29, 1.82) is 0 Å². The second kappa shape index (κ2) is 5.99. The van der Waals surface area contributed by atoms with Gasteiger partial charge in [0, 0.05) is 39.3 Å². The molecule has 0 unspecified atom stereocenters. The molecule has 3 N–H and O–H groups in total. The van der Waals surface area contributed by atoms with E-state index in [9.17, 15) is 4.79 Å². The third kappa shape index (κ3) is 3.06. The van der Waals surface area contributed by atoms with Gasteiger partial charge in [0.2, 0.25) is 5.91 Å². The van der Waals surface area contributed by atoms with Gasteiger partial charge in [0.05, 0.1) is 5.54 Å². The topological polar surface area (TPSA) is 74.0 Å². The molecular formula is C14H27N5O. The summed E-state index contributed by atoms with van der Waals surface area (Å²) in [5.41, 5.74) is 4.91. The van der Waals surface area contributed by atoms with Gasteiger partial charge in [0.25, 0.3) is 0 Å². The number of guanidine groups is 1. The number of nitrogens with zero attached hydrogens (tertiary/aromatic N) is 3. The first-order valence-electron chi connectivity index (χ1n) is 7.48. The van der Waals surface area contributed by atoms with Crippen LogP contribution in [-0.4, -0.2) is 66.5 Å². The number of rotatable bonds is 3. The predicted octanol–water partition coefficient (Wildman–Crippen LogP) is -0.00420. The Bertz CT molecular complexity index is 381. The Kier molecular flexibility index (Phi) is 4.52. The average Bonchev–Trinajstić information content (AvgIpc) is 2.38. The van der Waals surface area contributed by atoms with Crippen LogP contribution >= 0.6 is 0 Å². The van der Waals surface area contributed by atoms with Crippen molar-refractivity contribution in [3.8, 4) is 0 Å². The molecular weight excluding hydrogens is 254 g/mol. The maximum absolute atomic E-state index is 11.5. The van der Waals surface area contributed by atoms with Gasteiger partial charge in [-0.3, -0.25) is 14.7 Å². The van der Waals surface area contributed by atoms with Crippen LogP contribution < -0.4 is 11.1 Å². The van der Waals surface area contributed by atoms with Crippen LogP contribution in [0.1, 0.15) is 33.1 Å². The lowest BCUT2D eigenvalue weighted by Gasteiger charge is -2.43. The number of carbonyl (C=O) groups is 1. The summed E-state index contributed by atoms with van der Waals surface area (Å²) in [6.45, 7) is 7.22. The fourth-order valence-electron chi connectivity index (χ4n) is 2.67. The van der Waals surface area contributed by atoms with Crippen LogP contribution in [0.5, 0.6) is 0 Å². The first kappa shape index (κ1) is 15.1. The largest absolute Gasteiger partial charge is 0.368 e. The highest BCUT2D eigenvalue weighted by Crippen LogP contribution is 2.19. The van der Waals surface area contributed by atoms with Crippen LogP contribution in [0.3, 0.4) is 0 Å².